The quantitative estimate of drug-likeness (QED) is 0.272. The smallest absolute Gasteiger partial charge is 0.332 e. The van der Waals surface area contributed by atoms with Crippen molar-refractivity contribution >= 4 is 33.0 Å². The average Bonchev–Trinajstić information content (AvgIpc) is 3.29. The summed E-state index contributed by atoms with van der Waals surface area (Å²) in [7, 11) is -4.95. The summed E-state index contributed by atoms with van der Waals surface area (Å²) in [6, 6.07) is 3.74. The number of benzene rings is 1. The van der Waals surface area contributed by atoms with Gasteiger partial charge in [-0.05, 0) is 24.3 Å². The minimum atomic E-state index is -4.95. The zero-order valence-electron chi connectivity index (χ0n) is 15.5. The fourth-order valence-corrected chi connectivity index (χ4v) is 3.80. The molecule has 1 aromatic carbocycles. The Balaban J connectivity index is 1.58. The second-order valence-electron chi connectivity index (χ2n) is 6.83. The first kappa shape index (κ1) is 21.2. The van der Waals surface area contributed by atoms with Crippen molar-refractivity contribution in [3.63, 3.8) is 0 Å². The van der Waals surface area contributed by atoms with E-state index >= 15 is 0 Å². The van der Waals surface area contributed by atoms with Crippen LogP contribution < -0.4 is 5.73 Å². The fraction of sp³-hybridized carbons (Fsp3) is 0.294. The number of fused-ring (bicyclic) bond motifs is 1. The SMILES string of the molecule is Nc1ncnc2c1ncn2[C@@H]1O[C@H]([C@H](O)C(=O)c2ccc(S(=O)(=O)F)cc2)[C@@H](O)[C@H]1O. The summed E-state index contributed by atoms with van der Waals surface area (Å²) < 4.78 is 41.6. The minimum absolute atomic E-state index is 0.0855. The number of rotatable bonds is 5. The molecule has 5 N–H and O–H groups in total. The van der Waals surface area contributed by atoms with Gasteiger partial charge in [0.1, 0.15) is 36.3 Å². The van der Waals surface area contributed by atoms with Gasteiger partial charge in [0.15, 0.2) is 23.5 Å². The molecule has 31 heavy (non-hydrogen) atoms. The number of ether oxygens (including phenoxy) is 1. The van der Waals surface area contributed by atoms with Crippen LogP contribution in [0.25, 0.3) is 11.2 Å². The summed E-state index contributed by atoms with van der Waals surface area (Å²) in [6.07, 6.45) is -5.49. The van der Waals surface area contributed by atoms with Crippen LogP contribution in [0.1, 0.15) is 16.6 Å². The Bertz CT molecular complexity index is 1250. The van der Waals surface area contributed by atoms with Crippen LogP contribution in [0.4, 0.5) is 9.70 Å². The van der Waals surface area contributed by atoms with Gasteiger partial charge in [-0.2, -0.15) is 8.42 Å². The lowest BCUT2D eigenvalue weighted by molar-refractivity contribution is -0.0725. The molecule has 0 saturated carbocycles. The number of hydrogen-bond donors (Lipinski definition) is 4. The maximum atomic E-state index is 13.0. The highest BCUT2D eigenvalue weighted by Gasteiger charge is 2.49. The number of anilines is 1. The van der Waals surface area contributed by atoms with Crippen molar-refractivity contribution in [1.29, 1.82) is 0 Å². The van der Waals surface area contributed by atoms with Gasteiger partial charge in [0.05, 0.1) is 11.2 Å². The molecule has 0 radical (unpaired) electrons. The third kappa shape index (κ3) is 3.64. The Morgan fingerprint density at radius 3 is 2.48 bits per heavy atom. The molecule has 0 spiro atoms. The van der Waals surface area contributed by atoms with Crippen molar-refractivity contribution < 1.29 is 37.2 Å². The normalized spacial score (nSPS) is 25.0. The molecule has 1 saturated heterocycles. The van der Waals surface area contributed by atoms with E-state index in [0.717, 1.165) is 24.3 Å². The topological polar surface area (TPSA) is 191 Å². The van der Waals surface area contributed by atoms with Gasteiger partial charge < -0.3 is 25.8 Å². The number of aromatic nitrogens is 4. The molecule has 0 amide bonds. The Kier molecular flexibility index (Phi) is 5.18. The molecule has 1 aliphatic rings. The lowest BCUT2D eigenvalue weighted by Crippen LogP contribution is -2.42. The Morgan fingerprint density at radius 1 is 1.16 bits per heavy atom. The molecule has 5 atom stereocenters. The number of ketones is 1. The monoisotopic (exact) mass is 453 g/mol. The van der Waals surface area contributed by atoms with Gasteiger partial charge in [0.2, 0.25) is 0 Å². The Labute approximate surface area is 174 Å². The van der Waals surface area contributed by atoms with Crippen molar-refractivity contribution in [2.75, 3.05) is 5.73 Å². The molecule has 0 aliphatic carbocycles. The lowest BCUT2D eigenvalue weighted by atomic mass is 9.98. The number of aliphatic hydroxyl groups is 3. The fourth-order valence-electron chi connectivity index (χ4n) is 3.33. The van der Waals surface area contributed by atoms with Crippen molar-refractivity contribution in [3.8, 4) is 0 Å². The highest BCUT2D eigenvalue weighted by Crippen LogP contribution is 2.34. The van der Waals surface area contributed by atoms with Crippen molar-refractivity contribution in [2.45, 2.75) is 35.5 Å². The summed E-state index contributed by atoms with van der Waals surface area (Å²) in [5.74, 6) is -0.843. The van der Waals surface area contributed by atoms with Crippen LogP contribution in [-0.4, -0.2) is 73.5 Å². The van der Waals surface area contributed by atoms with E-state index in [1.165, 1.54) is 17.2 Å². The molecule has 1 fully saturated rings. The highest BCUT2D eigenvalue weighted by molar-refractivity contribution is 7.86. The second-order valence-corrected chi connectivity index (χ2v) is 8.17. The molecular formula is C17H16FN5O7S. The first-order valence-electron chi connectivity index (χ1n) is 8.81. The molecule has 12 nitrogen and oxygen atoms in total. The van der Waals surface area contributed by atoms with Gasteiger partial charge in [-0.15, -0.1) is 3.89 Å². The van der Waals surface area contributed by atoms with Gasteiger partial charge >= 0.3 is 10.2 Å². The molecular weight excluding hydrogens is 437 g/mol. The van der Waals surface area contributed by atoms with E-state index in [9.17, 15) is 32.4 Å². The molecule has 0 bridgehead atoms. The first-order chi connectivity index (χ1) is 14.6. The highest BCUT2D eigenvalue weighted by atomic mass is 32.3. The van der Waals surface area contributed by atoms with Gasteiger partial charge in [-0.3, -0.25) is 9.36 Å². The van der Waals surface area contributed by atoms with Gasteiger partial charge in [0, 0.05) is 5.56 Å². The molecule has 14 heteroatoms. The maximum absolute atomic E-state index is 13.0. The van der Waals surface area contributed by atoms with Gasteiger partial charge in [0.25, 0.3) is 0 Å². The minimum Gasteiger partial charge on any atom is -0.387 e. The number of nitrogen functional groups attached to an aromatic ring is 1. The number of Topliss-reactive ketones (excluding diaryl/α,β-unsaturated/α-hetero) is 1. The van der Waals surface area contributed by atoms with Gasteiger partial charge in [-0.1, -0.05) is 0 Å². The number of carbonyl (C=O) groups excluding carboxylic acids is 1. The molecule has 2 aromatic heterocycles. The molecule has 164 valence electrons. The lowest BCUT2D eigenvalue weighted by Gasteiger charge is -2.20. The van der Waals surface area contributed by atoms with Crippen LogP contribution >= 0.6 is 0 Å². The molecule has 4 rings (SSSR count). The van der Waals surface area contributed by atoms with Gasteiger partial charge in [-0.25, -0.2) is 15.0 Å². The molecule has 3 heterocycles. The largest absolute Gasteiger partial charge is 0.387 e. The van der Waals surface area contributed by atoms with Crippen molar-refractivity contribution in [2.24, 2.45) is 0 Å². The number of imidazole rings is 1. The Hall–Kier alpha value is -3.04. The number of hydrogen-bond acceptors (Lipinski definition) is 11. The summed E-state index contributed by atoms with van der Waals surface area (Å²) >= 11 is 0. The number of aliphatic hydroxyl groups excluding tert-OH is 3. The van der Waals surface area contributed by atoms with Crippen LogP contribution in [0.5, 0.6) is 0 Å². The molecule has 3 aromatic rings. The van der Waals surface area contributed by atoms with Crippen molar-refractivity contribution in [3.05, 3.63) is 42.5 Å². The van der Waals surface area contributed by atoms with E-state index in [0.29, 0.717) is 0 Å². The molecule has 1 aliphatic heterocycles. The predicted octanol–water partition coefficient (Wildman–Crippen LogP) is -1.07. The maximum Gasteiger partial charge on any atom is 0.332 e. The summed E-state index contributed by atoms with van der Waals surface area (Å²) in [5, 5.41) is 31.2. The molecule has 0 unspecified atom stereocenters. The number of halogens is 1. The van der Waals surface area contributed by atoms with Crippen LogP contribution in [0.2, 0.25) is 0 Å². The standard InChI is InChI=1S/C17H16FN5O7S/c18-31(28,29)8-3-1-7(2-4-8)10(24)11(25)14-12(26)13(27)17(30-14)23-6-22-9-15(19)20-5-21-16(9)23/h1-6,11-14,17,25-27H,(H2,19,20,21)/t11-,12+,13-,14-,17-/m1/s1. The Morgan fingerprint density at radius 2 is 1.84 bits per heavy atom. The number of nitrogens with two attached hydrogens (primary N) is 1. The van der Waals surface area contributed by atoms with Crippen LogP contribution in [0.3, 0.4) is 0 Å². The number of carbonyl (C=O) groups is 1. The van der Waals surface area contributed by atoms with E-state index < -0.39 is 51.5 Å². The average molecular weight is 453 g/mol. The van der Waals surface area contributed by atoms with Crippen LogP contribution in [0, 0.1) is 0 Å². The summed E-state index contributed by atoms with van der Waals surface area (Å²) in [6.45, 7) is 0. The predicted molar refractivity (Wildman–Crippen MR) is 101 cm³/mol. The summed E-state index contributed by atoms with van der Waals surface area (Å²) in [4.78, 5) is 23.8. The van der Waals surface area contributed by atoms with E-state index in [1.807, 2.05) is 0 Å². The van der Waals surface area contributed by atoms with E-state index in [1.54, 1.807) is 0 Å². The number of nitrogens with zero attached hydrogens (tertiary/aromatic N) is 4. The van der Waals surface area contributed by atoms with Crippen molar-refractivity contribution in [1.82, 2.24) is 19.5 Å². The zero-order valence-corrected chi connectivity index (χ0v) is 16.3. The van der Waals surface area contributed by atoms with Crippen LogP contribution in [-0.2, 0) is 15.0 Å². The van der Waals surface area contributed by atoms with E-state index in [2.05, 4.69) is 15.0 Å². The third-order valence-corrected chi connectivity index (χ3v) is 5.77. The second kappa shape index (κ2) is 7.58. The zero-order chi connectivity index (χ0) is 22.5. The van der Waals surface area contributed by atoms with Crippen LogP contribution in [0.15, 0.2) is 41.8 Å². The summed E-state index contributed by atoms with van der Waals surface area (Å²) in [5.41, 5.74) is 6.01. The van der Waals surface area contributed by atoms with E-state index in [-0.39, 0.29) is 22.5 Å². The third-order valence-electron chi connectivity index (χ3n) is 4.94. The first-order valence-corrected chi connectivity index (χ1v) is 10.2. The van der Waals surface area contributed by atoms with E-state index in [4.69, 9.17) is 10.5 Å².